The molecule has 0 aliphatic heterocycles. The summed E-state index contributed by atoms with van der Waals surface area (Å²) in [5.74, 6) is 1.56. The van der Waals surface area contributed by atoms with Crippen molar-refractivity contribution in [1.82, 2.24) is 9.97 Å². The van der Waals surface area contributed by atoms with Gasteiger partial charge in [-0.3, -0.25) is 0 Å². The van der Waals surface area contributed by atoms with Gasteiger partial charge in [0.1, 0.15) is 17.5 Å². The first-order valence-corrected chi connectivity index (χ1v) is 9.30. The van der Waals surface area contributed by atoms with Crippen LogP contribution in [0.25, 0.3) is 11.3 Å². The maximum Gasteiger partial charge on any atom is 0.189 e. The van der Waals surface area contributed by atoms with Gasteiger partial charge in [-0.2, -0.15) is 5.26 Å². The van der Waals surface area contributed by atoms with E-state index in [1.807, 2.05) is 19.2 Å². The Morgan fingerprint density at radius 1 is 1.27 bits per heavy atom. The normalized spacial score (nSPS) is 11.5. The van der Waals surface area contributed by atoms with Gasteiger partial charge in [-0.05, 0) is 30.9 Å². The first kappa shape index (κ1) is 19.8. The number of hydrogen-bond donors (Lipinski definition) is 2. The zero-order valence-corrected chi connectivity index (χ0v) is 16.1. The first-order valence-electron chi connectivity index (χ1n) is 8.07. The van der Waals surface area contributed by atoms with Gasteiger partial charge >= 0.3 is 0 Å². The summed E-state index contributed by atoms with van der Waals surface area (Å²) >= 11 is 1.38. The summed E-state index contributed by atoms with van der Waals surface area (Å²) in [6, 6.07) is 7.36. The average Bonchev–Trinajstić information content (AvgIpc) is 2.70. The van der Waals surface area contributed by atoms with Crippen LogP contribution in [0.4, 0.5) is 5.82 Å². The summed E-state index contributed by atoms with van der Waals surface area (Å²) in [6.45, 7) is 1.90. The maximum atomic E-state index is 9.71. The lowest BCUT2D eigenvalue weighted by Crippen LogP contribution is -2.24. The number of aromatic nitrogens is 2. The van der Waals surface area contributed by atoms with Crippen molar-refractivity contribution < 1.29 is 14.6 Å². The minimum absolute atomic E-state index is 0.0499. The second-order valence-electron chi connectivity index (χ2n) is 5.40. The number of methoxy groups -OCH3 is 2. The van der Waals surface area contributed by atoms with Crippen LogP contribution < -0.4 is 14.8 Å². The molecule has 138 valence electrons. The van der Waals surface area contributed by atoms with Crippen LogP contribution in [0.3, 0.4) is 0 Å². The Hall–Kier alpha value is -2.50. The monoisotopic (exact) mass is 374 g/mol. The predicted molar refractivity (Wildman–Crippen MR) is 102 cm³/mol. The Morgan fingerprint density at radius 3 is 2.54 bits per heavy atom. The third kappa shape index (κ3) is 4.18. The predicted octanol–water partition coefficient (Wildman–Crippen LogP) is 2.94. The maximum absolute atomic E-state index is 9.71. The second kappa shape index (κ2) is 9.27. The van der Waals surface area contributed by atoms with Gasteiger partial charge in [0.05, 0.1) is 32.6 Å². The number of nitrogens with one attached hydrogen (secondary N) is 1. The molecule has 1 aromatic heterocycles. The first-order chi connectivity index (χ1) is 12.6. The van der Waals surface area contributed by atoms with Crippen molar-refractivity contribution >= 4 is 17.6 Å². The standard InChI is InChI=1S/C18H22N4O3S/c1-5-12(10-23)20-17-13(9-19)16(21-18(22-17)26-4)11-6-7-14(24-2)15(8-11)25-3/h6-8,12,23H,5,10H2,1-4H3,(H,20,21,22). The zero-order chi connectivity index (χ0) is 19.1. The van der Waals surface area contributed by atoms with Crippen molar-refractivity contribution in [1.29, 1.82) is 5.26 Å². The largest absolute Gasteiger partial charge is 0.493 e. The van der Waals surface area contributed by atoms with Gasteiger partial charge in [0.25, 0.3) is 0 Å². The van der Waals surface area contributed by atoms with E-state index in [1.165, 1.54) is 11.8 Å². The summed E-state index contributed by atoms with van der Waals surface area (Å²) in [7, 11) is 3.12. The SMILES string of the molecule is CCC(CO)Nc1nc(SC)nc(-c2ccc(OC)c(OC)c2)c1C#N. The summed E-state index contributed by atoms with van der Waals surface area (Å²) in [5, 5.41) is 22.9. The van der Waals surface area contributed by atoms with E-state index in [1.54, 1.807) is 26.4 Å². The van der Waals surface area contributed by atoms with Crippen molar-refractivity contribution in [2.45, 2.75) is 24.5 Å². The van der Waals surface area contributed by atoms with Crippen LogP contribution in [0.1, 0.15) is 18.9 Å². The van der Waals surface area contributed by atoms with Crippen LogP contribution in [-0.2, 0) is 0 Å². The second-order valence-corrected chi connectivity index (χ2v) is 6.17. The number of aliphatic hydroxyl groups excluding tert-OH is 1. The van der Waals surface area contributed by atoms with Gasteiger partial charge in [-0.1, -0.05) is 18.7 Å². The highest BCUT2D eigenvalue weighted by Crippen LogP contribution is 2.35. The van der Waals surface area contributed by atoms with Crippen LogP contribution in [-0.4, -0.2) is 48.2 Å². The average molecular weight is 374 g/mol. The molecule has 1 unspecified atom stereocenters. The molecule has 2 N–H and O–H groups in total. The molecule has 26 heavy (non-hydrogen) atoms. The minimum Gasteiger partial charge on any atom is -0.493 e. The summed E-state index contributed by atoms with van der Waals surface area (Å²) in [5.41, 5.74) is 1.54. The quantitative estimate of drug-likeness (QED) is 0.537. The number of benzene rings is 1. The third-order valence-corrected chi connectivity index (χ3v) is 4.44. The molecule has 2 rings (SSSR count). The van der Waals surface area contributed by atoms with E-state index in [0.29, 0.717) is 40.2 Å². The molecule has 8 heteroatoms. The topological polar surface area (TPSA) is 100 Å². The lowest BCUT2D eigenvalue weighted by atomic mass is 10.1. The van der Waals surface area contributed by atoms with E-state index in [4.69, 9.17) is 9.47 Å². The number of ether oxygens (including phenoxy) is 2. The van der Waals surface area contributed by atoms with Gasteiger partial charge in [0.2, 0.25) is 0 Å². The van der Waals surface area contributed by atoms with Gasteiger partial charge in [0, 0.05) is 5.56 Å². The van der Waals surface area contributed by atoms with E-state index >= 15 is 0 Å². The molecule has 0 saturated heterocycles. The van der Waals surface area contributed by atoms with Crippen LogP contribution in [0.2, 0.25) is 0 Å². The molecule has 7 nitrogen and oxygen atoms in total. The third-order valence-electron chi connectivity index (χ3n) is 3.89. The molecule has 0 aliphatic carbocycles. The molecular weight excluding hydrogens is 352 g/mol. The number of thioether (sulfide) groups is 1. The van der Waals surface area contributed by atoms with Gasteiger partial charge < -0.3 is 19.9 Å². The Morgan fingerprint density at radius 2 is 2.00 bits per heavy atom. The molecule has 0 bridgehead atoms. The molecule has 1 aromatic carbocycles. The minimum atomic E-state index is -0.190. The summed E-state index contributed by atoms with van der Waals surface area (Å²) in [4.78, 5) is 8.92. The van der Waals surface area contributed by atoms with E-state index in [2.05, 4.69) is 21.4 Å². The molecule has 0 spiro atoms. The van der Waals surface area contributed by atoms with Crippen LogP contribution in [0.15, 0.2) is 23.4 Å². The number of rotatable bonds is 8. The van der Waals surface area contributed by atoms with E-state index in [-0.39, 0.29) is 12.6 Å². The summed E-state index contributed by atoms with van der Waals surface area (Å²) < 4.78 is 10.6. The van der Waals surface area contributed by atoms with E-state index in [9.17, 15) is 10.4 Å². The lowest BCUT2D eigenvalue weighted by Gasteiger charge is -2.18. The fourth-order valence-electron chi connectivity index (χ4n) is 2.40. The molecular formula is C18H22N4O3S. The van der Waals surface area contributed by atoms with Crippen molar-refractivity contribution in [3.05, 3.63) is 23.8 Å². The number of nitrogens with zero attached hydrogens (tertiary/aromatic N) is 3. The van der Waals surface area contributed by atoms with Gasteiger partial charge in [-0.25, -0.2) is 9.97 Å². The van der Waals surface area contributed by atoms with Crippen LogP contribution in [0, 0.1) is 11.3 Å². The fourth-order valence-corrected chi connectivity index (χ4v) is 2.77. The molecule has 0 amide bonds. The molecule has 0 saturated carbocycles. The highest BCUT2D eigenvalue weighted by Gasteiger charge is 2.19. The van der Waals surface area contributed by atoms with Crippen LogP contribution >= 0.6 is 11.8 Å². The Balaban J connectivity index is 2.62. The van der Waals surface area contributed by atoms with Crippen molar-refractivity contribution in [2.24, 2.45) is 0 Å². The molecule has 0 aliphatic rings. The summed E-state index contributed by atoms with van der Waals surface area (Å²) in [6.07, 6.45) is 2.57. The van der Waals surface area contributed by atoms with Gasteiger partial charge in [0.15, 0.2) is 16.7 Å². The van der Waals surface area contributed by atoms with Gasteiger partial charge in [-0.15, -0.1) is 0 Å². The van der Waals surface area contributed by atoms with E-state index in [0.717, 1.165) is 5.56 Å². The Kier molecular flexibility index (Phi) is 7.06. The van der Waals surface area contributed by atoms with E-state index < -0.39 is 0 Å². The zero-order valence-electron chi connectivity index (χ0n) is 15.2. The highest BCUT2D eigenvalue weighted by atomic mass is 32.2. The van der Waals surface area contributed by atoms with Crippen molar-refractivity contribution in [3.63, 3.8) is 0 Å². The lowest BCUT2D eigenvalue weighted by molar-refractivity contribution is 0.271. The van der Waals surface area contributed by atoms with Crippen molar-refractivity contribution in [2.75, 3.05) is 32.4 Å². The van der Waals surface area contributed by atoms with Crippen molar-refractivity contribution in [3.8, 4) is 28.8 Å². The fraction of sp³-hybridized carbons (Fsp3) is 0.389. The number of hydrogen-bond acceptors (Lipinski definition) is 8. The molecule has 1 heterocycles. The number of anilines is 1. The number of aliphatic hydroxyl groups is 1. The number of nitriles is 1. The molecule has 1 atom stereocenters. The van der Waals surface area contributed by atoms with Crippen LogP contribution in [0.5, 0.6) is 11.5 Å². The molecule has 2 aromatic rings. The Labute approximate surface area is 157 Å². The smallest absolute Gasteiger partial charge is 0.189 e. The highest BCUT2D eigenvalue weighted by molar-refractivity contribution is 7.98. The molecule has 0 fully saturated rings. The Bertz CT molecular complexity index is 804. The molecule has 0 radical (unpaired) electrons.